The molecule has 0 aliphatic carbocycles. The highest BCUT2D eigenvalue weighted by molar-refractivity contribution is 6.11. The number of pyridine rings is 1. The van der Waals surface area contributed by atoms with Gasteiger partial charge in [-0.15, -0.1) is 0 Å². The molecule has 2 amide bonds. The van der Waals surface area contributed by atoms with Gasteiger partial charge in [0.25, 0.3) is 5.91 Å². The first kappa shape index (κ1) is 23.3. The van der Waals surface area contributed by atoms with E-state index in [4.69, 9.17) is 4.74 Å². The predicted molar refractivity (Wildman–Crippen MR) is 134 cm³/mol. The van der Waals surface area contributed by atoms with Crippen LogP contribution in [0.2, 0.25) is 0 Å². The Hall–Kier alpha value is -3.87. The van der Waals surface area contributed by atoms with E-state index in [0.29, 0.717) is 23.5 Å². The van der Waals surface area contributed by atoms with Gasteiger partial charge in [-0.2, -0.15) is 0 Å². The van der Waals surface area contributed by atoms with Crippen LogP contribution in [0.3, 0.4) is 0 Å². The first-order chi connectivity index (χ1) is 16.5. The van der Waals surface area contributed by atoms with E-state index >= 15 is 0 Å². The maximum absolute atomic E-state index is 13.3. The van der Waals surface area contributed by atoms with Crippen molar-refractivity contribution in [3.05, 3.63) is 77.5 Å². The fourth-order valence-electron chi connectivity index (χ4n) is 4.07. The molecule has 1 aliphatic rings. The van der Waals surface area contributed by atoms with Crippen molar-refractivity contribution in [3.8, 4) is 11.6 Å². The van der Waals surface area contributed by atoms with Gasteiger partial charge in [0.15, 0.2) is 5.75 Å². The van der Waals surface area contributed by atoms with Gasteiger partial charge in [-0.25, -0.2) is 4.98 Å². The minimum atomic E-state index is -0.306. The predicted octanol–water partition coefficient (Wildman–Crippen LogP) is 4.48. The summed E-state index contributed by atoms with van der Waals surface area (Å²) in [5, 5.41) is 2.97. The first-order valence-corrected chi connectivity index (χ1v) is 11.6. The molecule has 7 nitrogen and oxygen atoms in total. The summed E-state index contributed by atoms with van der Waals surface area (Å²) in [7, 11) is 0. The van der Waals surface area contributed by atoms with Crippen LogP contribution in [0.1, 0.15) is 34.8 Å². The number of hydrogen-bond acceptors (Lipinski definition) is 5. The summed E-state index contributed by atoms with van der Waals surface area (Å²) in [6, 6.07) is 17.3. The number of aryl methyl sites for hydroxylation is 2. The van der Waals surface area contributed by atoms with Crippen molar-refractivity contribution in [2.75, 3.05) is 36.0 Å². The number of aromatic nitrogens is 1. The van der Waals surface area contributed by atoms with E-state index < -0.39 is 0 Å². The number of fused-ring (bicyclic) bond motifs is 2. The Morgan fingerprint density at radius 1 is 1.09 bits per heavy atom. The minimum absolute atomic E-state index is 0.0949. The summed E-state index contributed by atoms with van der Waals surface area (Å²) in [6.07, 6.45) is 2.38. The van der Waals surface area contributed by atoms with Crippen LogP contribution in [0.4, 0.5) is 11.4 Å². The van der Waals surface area contributed by atoms with Crippen LogP contribution in [-0.2, 0) is 4.79 Å². The Labute approximate surface area is 200 Å². The molecular formula is C27H30N4O3. The molecular weight excluding hydrogens is 428 g/mol. The number of nitrogens with one attached hydrogen (secondary N) is 1. The summed E-state index contributed by atoms with van der Waals surface area (Å²) >= 11 is 0. The smallest absolute Gasteiger partial charge is 0.264 e. The monoisotopic (exact) mass is 458 g/mol. The maximum atomic E-state index is 13.3. The van der Waals surface area contributed by atoms with Gasteiger partial charge in [-0.1, -0.05) is 18.2 Å². The van der Waals surface area contributed by atoms with Crippen molar-refractivity contribution >= 4 is 23.2 Å². The zero-order valence-electron chi connectivity index (χ0n) is 19.9. The summed E-state index contributed by atoms with van der Waals surface area (Å²) in [6.45, 7) is 8.30. The lowest BCUT2D eigenvalue weighted by Crippen LogP contribution is -2.41. The molecule has 7 heteroatoms. The number of benzene rings is 2. The lowest BCUT2D eigenvalue weighted by Gasteiger charge is -2.24. The summed E-state index contributed by atoms with van der Waals surface area (Å²) < 4.78 is 5.92. The molecule has 1 N–H and O–H groups in total. The number of anilines is 2. The fraction of sp³-hybridized carbons (Fsp3) is 0.296. The molecule has 0 radical (unpaired) electrons. The molecule has 176 valence electrons. The van der Waals surface area contributed by atoms with E-state index in [1.54, 1.807) is 24.4 Å². The molecule has 1 aliphatic heterocycles. The Morgan fingerprint density at radius 2 is 1.91 bits per heavy atom. The summed E-state index contributed by atoms with van der Waals surface area (Å²) in [5.41, 5.74) is 4.27. The zero-order chi connectivity index (χ0) is 24.1. The van der Waals surface area contributed by atoms with Crippen LogP contribution in [0.25, 0.3) is 0 Å². The Morgan fingerprint density at radius 3 is 2.71 bits per heavy atom. The third-order valence-corrected chi connectivity index (χ3v) is 5.84. The third kappa shape index (κ3) is 5.20. The normalized spacial score (nSPS) is 12.3. The summed E-state index contributed by atoms with van der Waals surface area (Å²) in [5.74, 6) is 0.225. The number of ether oxygens (including phenoxy) is 1. The van der Waals surface area contributed by atoms with E-state index in [1.807, 2.05) is 19.1 Å². The van der Waals surface area contributed by atoms with E-state index in [1.165, 1.54) is 16.2 Å². The van der Waals surface area contributed by atoms with Crippen molar-refractivity contribution in [2.45, 2.75) is 27.2 Å². The number of carbonyl (C=O) groups excluding carboxylic acids is 2. The minimum Gasteiger partial charge on any atom is -0.436 e. The van der Waals surface area contributed by atoms with Crippen LogP contribution >= 0.6 is 0 Å². The molecule has 1 aromatic heterocycles. The first-order valence-electron chi connectivity index (χ1n) is 11.6. The Balaban J connectivity index is 1.41. The van der Waals surface area contributed by atoms with Gasteiger partial charge in [0.05, 0.1) is 5.69 Å². The number of carbonyl (C=O) groups is 2. The SMILES string of the molecule is CCN(CCCNC(=O)CN1C(=O)c2cccnc2Oc2ccc(C)cc21)c1cccc(C)c1. The molecule has 3 aromatic rings. The van der Waals surface area contributed by atoms with Crippen LogP contribution in [0.5, 0.6) is 11.6 Å². The number of hydrogen-bond donors (Lipinski definition) is 1. The van der Waals surface area contributed by atoms with Gasteiger partial charge in [0, 0.05) is 31.5 Å². The summed E-state index contributed by atoms with van der Waals surface area (Å²) in [4.78, 5) is 34.1. The Bertz CT molecular complexity index is 1190. The highest BCUT2D eigenvalue weighted by atomic mass is 16.5. The standard InChI is InChI=1S/C27H30N4O3/c1-4-30(21-9-5-8-19(2)16-21)15-7-14-28-25(32)18-31-23-17-20(3)11-12-24(23)34-26-22(27(31)33)10-6-13-29-26/h5-6,8-13,16-17H,4,7,14-15,18H2,1-3H3,(H,28,32). The number of rotatable bonds is 8. The van der Waals surface area contributed by atoms with Crippen molar-refractivity contribution in [1.82, 2.24) is 10.3 Å². The van der Waals surface area contributed by atoms with Crippen LogP contribution in [0.15, 0.2) is 60.8 Å². The molecule has 0 unspecified atom stereocenters. The Kier molecular flexibility index (Phi) is 7.11. The molecule has 2 aromatic carbocycles. The molecule has 0 saturated heterocycles. The molecule has 2 heterocycles. The second-order valence-corrected chi connectivity index (χ2v) is 8.44. The molecule has 34 heavy (non-hydrogen) atoms. The zero-order valence-corrected chi connectivity index (χ0v) is 19.9. The molecule has 0 fully saturated rings. The number of amides is 2. The quantitative estimate of drug-likeness (QED) is 0.504. The highest BCUT2D eigenvalue weighted by Gasteiger charge is 2.30. The van der Waals surface area contributed by atoms with Gasteiger partial charge in [-0.05, 0) is 74.7 Å². The molecule has 0 saturated carbocycles. The van der Waals surface area contributed by atoms with Gasteiger partial charge in [0.2, 0.25) is 11.8 Å². The van der Waals surface area contributed by atoms with Crippen LogP contribution in [-0.4, -0.2) is 43.0 Å². The van der Waals surface area contributed by atoms with Crippen LogP contribution in [0, 0.1) is 13.8 Å². The van der Waals surface area contributed by atoms with Crippen molar-refractivity contribution in [1.29, 1.82) is 0 Å². The van der Waals surface area contributed by atoms with Crippen LogP contribution < -0.4 is 19.9 Å². The molecule has 4 rings (SSSR count). The average molecular weight is 459 g/mol. The second kappa shape index (κ2) is 10.4. The molecule has 0 spiro atoms. The average Bonchev–Trinajstić information content (AvgIpc) is 2.94. The largest absolute Gasteiger partial charge is 0.436 e. The van der Waals surface area contributed by atoms with Gasteiger partial charge in [-0.3, -0.25) is 14.5 Å². The fourth-order valence-corrected chi connectivity index (χ4v) is 4.07. The molecule has 0 atom stereocenters. The van der Waals surface area contributed by atoms with E-state index in [2.05, 4.69) is 53.3 Å². The van der Waals surface area contributed by atoms with Crippen molar-refractivity contribution in [2.24, 2.45) is 0 Å². The third-order valence-electron chi connectivity index (χ3n) is 5.84. The second-order valence-electron chi connectivity index (χ2n) is 8.44. The number of nitrogens with zero attached hydrogens (tertiary/aromatic N) is 3. The van der Waals surface area contributed by atoms with Crippen molar-refractivity contribution in [3.63, 3.8) is 0 Å². The maximum Gasteiger partial charge on any atom is 0.264 e. The highest BCUT2D eigenvalue weighted by Crippen LogP contribution is 2.38. The van der Waals surface area contributed by atoms with Gasteiger partial charge >= 0.3 is 0 Å². The van der Waals surface area contributed by atoms with Gasteiger partial charge < -0.3 is 15.0 Å². The topological polar surface area (TPSA) is 74.8 Å². The lowest BCUT2D eigenvalue weighted by atomic mass is 10.1. The van der Waals surface area contributed by atoms with Gasteiger partial charge in [0.1, 0.15) is 12.1 Å². The van der Waals surface area contributed by atoms with E-state index in [0.717, 1.165) is 25.1 Å². The van der Waals surface area contributed by atoms with E-state index in [9.17, 15) is 9.59 Å². The van der Waals surface area contributed by atoms with Crippen molar-refractivity contribution < 1.29 is 14.3 Å². The lowest BCUT2D eigenvalue weighted by molar-refractivity contribution is -0.119. The molecule has 0 bridgehead atoms. The van der Waals surface area contributed by atoms with E-state index in [-0.39, 0.29) is 24.2 Å².